The molecular weight excluding hydrogens is 276 g/mol. The van der Waals surface area contributed by atoms with Gasteiger partial charge in [0, 0.05) is 5.92 Å². The van der Waals surface area contributed by atoms with Gasteiger partial charge in [-0.1, -0.05) is 83.3 Å². The predicted octanol–water partition coefficient (Wildman–Crippen LogP) is 5.06. The van der Waals surface area contributed by atoms with E-state index < -0.39 is 5.97 Å². The number of carboxylic acids is 1. The van der Waals surface area contributed by atoms with Gasteiger partial charge >= 0.3 is 5.97 Å². The van der Waals surface area contributed by atoms with Gasteiger partial charge < -0.3 is 5.11 Å². The van der Waals surface area contributed by atoms with Crippen molar-refractivity contribution in [3.05, 3.63) is 23.8 Å². The van der Waals surface area contributed by atoms with E-state index in [1.54, 1.807) is 6.08 Å². The van der Waals surface area contributed by atoms with Crippen LogP contribution in [0.4, 0.5) is 0 Å². The van der Waals surface area contributed by atoms with E-state index in [1.807, 2.05) is 6.08 Å². The molecule has 0 bridgehead atoms. The number of carboxylic acid groups (broad SMARTS) is 1. The van der Waals surface area contributed by atoms with Crippen LogP contribution in [0.25, 0.3) is 0 Å². The molecule has 0 radical (unpaired) electrons. The first-order chi connectivity index (χ1) is 10.7. The third-order valence-corrected chi connectivity index (χ3v) is 4.31. The van der Waals surface area contributed by atoms with Gasteiger partial charge in [0.1, 0.15) is 5.57 Å². The monoisotopic (exact) mass is 306 g/mol. The van der Waals surface area contributed by atoms with Gasteiger partial charge in [-0.3, -0.25) is 4.79 Å². The summed E-state index contributed by atoms with van der Waals surface area (Å²) >= 11 is 0. The molecule has 0 saturated heterocycles. The lowest BCUT2D eigenvalue weighted by molar-refractivity contribution is -0.135. The highest BCUT2D eigenvalue weighted by atomic mass is 16.4. The van der Waals surface area contributed by atoms with Crippen LogP contribution >= 0.6 is 0 Å². The first-order valence-electron chi connectivity index (χ1n) is 8.82. The molecule has 1 aliphatic carbocycles. The number of hydrogen-bond donors (Lipinski definition) is 1. The van der Waals surface area contributed by atoms with Crippen molar-refractivity contribution in [2.75, 3.05) is 0 Å². The Labute approximate surface area is 134 Å². The number of Topliss-reactive ketones (excluding diaryl/α,β-unsaturated/α-hetero) is 1. The fraction of sp³-hybridized carbons (Fsp3) is 0.684. The molecular formula is C19H30O3. The van der Waals surface area contributed by atoms with Crippen LogP contribution < -0.4 is 0 Å². The number of carbonyl (C=O) groups excluding carboxylic acids is 1. The van der Waals surface area contributed by atoms with Gasteiger partial charge in [0.2, 0.25) is 0 Å². The summed E-state index contributed by atoms with van der Waals surface area (Å²) in [5.74, 6) is -1.57. The van der Waals surface area contributed by atoms with Crippen molar-refractivity contribution in [3.63, 3.8) is 0 Å². The second-order valence-corrected chi connectivity index (χ2v) is 6.21. The molecule has 0 spiro atoms. The SMILES string of the molecule is CCCCCCCCCCCCC1C=CC=C(C(=O)O)C1=O. The summed E-state index contributed by atoms with van der Waals surface area (Å²) in [6, 6.07) is 0. The molecule has 1 aliphatic rings. The smallest absolute Gasteiger partial charge is 0.339 e. The Bertz CT molecular complexity index is 407. The minimum absolute atomic E-state index is 0.0698. The summed E-state index contributed by atoms with van der Waals surface area (Å²) in [4.78, 5) is 22.9. The van der Waals surface area contributed by atoms with Crippen LogP contribution in [0.15, 0.2) is 23.8 Å². The van der Waals surface area contributed by atoms with Crippen LogP contribution in [0.1, 0.15) is 77.6 Å². The van der Waals surface area contributed by atoms with E-state index in [4.69, 9.17) is 5.11 Å². The Morgan fingerprint density at radius 3 is 2.09 bits per heavy atom. The topological polar surface area (TPSA) is 54.4 Å². The minimum atomic E-state index is -1.11. The lowest BCUT2D eigenvalue weighted by atomic mass is 9.88. The zero-order valence-corrected chi connectivity index (χ0v) is 13.9. The largest absolute Gasteiger partial charge is 0.478 e. The highest BCUT2D eigenvalue weighted by Crippen LogP contribution is 2.21. The molecule has 1 rings (SSSR count). The summed E-state index contributed by atoms with van der Waals surface area (Å²) < 4.78 is 0. The molecule has 0 aromatic carbocycles. The third-order valence-electron chi connectivity index (χ3n) is 4.31. The average molecular weight is 306 g/mol. The Morgan fingerprint density at radius 1 is 1.00 bits per heavy atom. The number of aliphatic carboxylic acids is 1. The van der Waals surface area contributed by atoms with Gasteiger partial charge in [-0.05, 0) is 12.5 Å². The number of hydrogen-bond acceptors (Lipinski definition) is 2. The molecule has 1 unspecified atom stereocenters. The molecule has 0 aliphatic heterocycles. The van der Waals surface area contributed by atoms with Crippen LogP contribution in [0, 0.1) is 5.92 Å². The van der Waals surface area contributed by atoms with E-state index in [0.717, 1.165) is 19.3 Å². The molecule has 22 heavy (non-hydrogen) atoms. The molecule has 0 heterocycles. The van der Waals surface area contributed by atoms with Crippen molar-refractivity contribution in [2.45, 2.75) is 77.6 Å². The zero-order valence-electron chi connectivity index (χ0n) is 13.9. The maximum Gasteiger partial charge on any atom is 0.339 e. The van der Waals surface area contributed by atoms with Crippen molar-refractivity contribution in [2.24, 2.45) is 5.92 Å². The quantitative estimate of drug-likeness (QED) is 0.405. The molecule has 0 saturated carbocycles. The van der Waals surface area contributed by atoms with E-state index in [1.165, 1.54) is 57.4 Å². The molecule has 1 atom stereocenters. The van der Waals surface area contributed by atoms with Gasteiger partial charge in [-0.15, -0.1) is 0 Å². The van der Waals surface area contributed by atoms with E-state index in [-0.39, 0.29) is 17.3 Å². The molecule has 0 aromatic heterocycles. The molecule has 0 amide bonds. The van der Waals surface area contributed by atoms with Crippen LogP contribution in [0.3, 0.4) is 0 Å². The van der Waals surface area contributed by atoms with Gasteiger partial charge in [0.05, 0.1) is 0 Å². The molecule has 3 heteroatoms. The van der Waals surface area contributed by atoms with Gasteiger partial charge in [-0.25, -0.2) is 4.79 Å². The lowest BCUT2D eigenvalue weighted by Crippen LogP contribution is -2.22. The van der Waals surface area contributed by atoms with E-state index >= 15 is 0 Å². The lowest BCUT2D eigenvalue weighted by Gasteiger charge is -2.14. The zero-order chi connectivity index (χ0) is 16.2. The Morgan fingerprint density at radius 2 is 1.55 bits per heavy atom. The number of unbranched alkanes of at least 4 members (excludes halogenated alkanes) is 9. The van der Waals surface area contributed by atoms with E-state index in [9.17, 15) is 9.59 Å². The fourth-order valence-corrected chi connectivity index (χ4v) is 2.91. The van der Waals surface area contributed by atoms with Gasteiger partial charge in [0.15, 0.2) is 5.78 Å². The fourth-order valence-electron chi connectivity index (χ4n) is 2.91. The molecule has 0 fully saturated rings. The Kier molecular flexibility index (Phi) is 9.52. The van der Waals surface area contributed by atoms with Crippen molar-refractivity contribution < 1.29 is 14.7 Å². The number of ketones is 1. The summed E-state index contributed by atoms with van der Waals surface area (Å²) in [6.45, 7) is 2.24. The summed E-state index contributed by atoms with van der Waals surface area (Å²) in [5, 5.41) is 8.95. The first-order valence-corrected chi connectivity index (χ1v) is 8.82. The van der Waals surface area contributed by atoms with E-state index in [0.29, 0.717) is 0 Å². The van der Waals surface area contributed by atoms with Crippen LogP contribution in [0.5, 0.6) is 0 Å². The van der Waals surface area contributed by atoms with Crippen molar-refractivity contribution >= 4 is 11.8 Å². The normalized spacial score (nSPS) is 17.6. The maximum absolute atomic E-state index is 12.0. The predicted molar refractivity (Wildman–Crippen MR) is 89.8 cm³/mol. The van der Waals surface area contributed by atoms with E-state index in [2.05, 4.69) is 6.92 Å². The second-order valence-electron chi connectivity index (χ2n) is 6.21. The number of allylic oxidation sites excluding steroid dienone is 3. The highest BCUT2D eigenvalue weighted by molar-refractivity contribution is 6.18. The Balaban J connectivity index is 2.04. The molecule has 0 aromatic rings. The molecule has 3 nitrogen and oxygen atoms in total. The Hall–Kier alpha value is -1.38. The van der Waals surface area contributed by atoms with Crippen molar-refractivity contribution in [1.82, 2.24) is 0 Å². The average Bonchev–Trinajstić information content (AvgIpc) is 2.50. The first kappa shape index (κ1) is 18.7. The molecule has 124 valence electrons. The standard InChI is InChI=1S/C19H30O3/c1-2-3-4-5-6-7-8-9-10-11-13-16-14-12-15-17(18(16)20)19(21)22/h12,14-16H,2-11,13H2,1H3,(H,21,22). The van der Waals surface area contributed by atoms with Gasteiger partial charge in [-0.2, -0.15) is 0 Å². The third kappa shape index (κ3) is 7.06. The summed E-state index contributed by atoms with van der Waals surface area (Å²) in [5.41, 5.74) is -0.0698. The van der Waals surface area contributed by atoms with Crippen molar-refractivity contribution in [1.29, 1.82) is 0 Å². The molecule has 1 N–H and O–H groups in total. The summed E-state index contributed by atoms with van der Waals surface area (Å²) in [7, 11) is 0. The number of rotatable bonds is 12. The van der Waals surface area contributed by atoms with Crippen LogP contribution in [-0.4, -0.2) is 16.9 Å². The van der Waals surface area contributed by atoms with Gasteiger partial charge in [0.25, 0.3) is 0 Å². The minimum Gasteiger partial charge on any atom is -0.478 e. The maximum atomic E-state index is 12.0. The highest BCUT2D eigenvalue weighted by Gasteiger charge is 2.25. The van der Waals surface area contributed by atoms with Crippen molar-refractivity contribution in [3.8, 4) is 0 Å². The van der Waals surface area contributed by atoms with Crippen LogP contribution in [0.2, 0.25) is 0 Å². The summed E-state index contributed by atoms with van der Waals surface area (Å²) in [6.07, 6.45) is 18.4. The van der Waals surface area contributed by atoms with Crippen LogP contribution in [-0.2, 0) is 9.59 Å². The number of carbonyl (C=O) groups is 2. The second kappa shape index (κ2) is 11.2.